The average Bonchev–Trinajstić information content (AvgIpc) is 3.59. The first-order valence-electron chi connectivity index (χ1n) is 11.9. The molecule has 2 amide bonds. The summed E-state index contributed by atoms with van der Waals surface area (Å²) in [6.45, 7) is 3.36. The van der Waals surface area contributed by atoms with Gasteiger partial charge in [0.25, 0.3) is 5.91 Å². The summed E-state index contributed by atoms with van der Waals surface area (Å²) < 4.78 is 5.91. The molecule has 2 unspecified atom stereocenters. The molecule has 2 atom stereocenters. The number of ether oxygens (including phenoxy) is 1. The molecule has 6 nitrogen and oxygen atoms in total. The number of piperazine rings is 1. The maximum Gasteiger partial charge on any atom is 0.251 e. The number of anilines is 1. The number of hydrogen-bond acceptors (Lipinski definition) is 5. The highest BCUT2D eigenvalue weighted by Gasteiger charge is 2.39. The fraction of sp³-hybridized carbons (Fsp3) is 0.333. The Morgan fingerprint density at radius 2 is 1.77 bits per heavy atom. The van der Waals surface area contributed by atoms with Crippen molar-refractivity contribution in [2.45, 2.75) is 24.9 Å². The van der Waals surface area contributed by atoms with Crippen molar-refractivity contribution in [1.29, 1.82) is 0 Å². The zero-order valence-electron chi connectivity index (χ0n) is 19.4. The number of thiophene rings is 1. The van der Waals surface area contributed by atoms with Crippen LogP contribution in [0.15, 0.2) is 72.1 Å². The van der Waals surface area contributed by atoms with E-state index in [2.05, 4.69) is 4.90 Å². The molecule has 2 saturated heterocycles. The minimum Gasteiger partial charge on any atom is -0.457 e. The lowest BCUT2D eigenvalue weighted by atomic mass is 10.1. The quantitative estimate of drug-likeness (QED) is 0.413. The van der Waals surface area contributed by atoms with Crippen LogP contribution in [0.2, 0.25) is 0 Å². The molecule has 3 heterocycles. The van der Waals surface area contributed by atoms with Gasteiger partial charge in [-0.15, -0.1) is 22.9 Å². The van der Waals surface area contributed by atoms with Crippen molar-refractivity contribution in [2.75, 3.05) is 37.0 Å². The fourth-order valence-corrected chi connectivity index (χ4v) is 5.91. The third kappa shape index (κ3) is 5.22. The molecule has 0 saturated carbocycles. The Labute approximate surface area is 214 Å². The van der Waals surface area contributed by atoms with Gasteiger partial charge < -0.3 is 9.64 Å². The first kappa shape index (κ1) is 23.9. The van der Waals surface area contributed by atoms with Crippen LogP contribution in [-0.4, -0.2) is 59.7 Å². The van der Waals surface area contributed by atoms with E-state index in [-0.39, 0.29) is 17.7 Å². The molecule has 1 aromatic heterocycles. The van der Waals surface area contributed by atoms with E-state index in [1.807, 2.05) is 77.0 Å². The van der Waals surface area contributed by atoms with Gasteiger partial charge in [-0.1, -0.05) is 24.3 Å². The number of carbonyl (C=O) groups excluding carboxylic acids is 2. The zero-order valence-corrected chi connectivity index (χ0v) is 21.0. The Balaban J connectivity index is 1.44. The maximum absolute atomic E-state index is 14.0. The SMILES string of the molecule is O=C(C(c1cccs1)N(C(=O)CCl)c1ccc(Oc2ccccc2)cc1)N1CCN2CCCC2C1. The zero-order chi connectivity index (χ0) is 24.2. The van der Waals surface area contributed by atoms with Gasteiger partial charge >= 0.3 is 0 Å². The van der Waals surface area contributed by atoms with Crippen molar-refractivity contribution >= 4 is 40.4 Å². The molecular formula is C27H28ClN3O3S. The molecular weight excluding hydrogens is 482 g/mol. The molecule has 0 N–H and O–H groups in total. The molecule has 0 bridgehead atoms. The van der Waals surface area contributed by atoms with E-state index in [9.17, 15) is 9.59 Å². The van der Waals surface area contributed by atoms with E-state index in [0.717, 1.165) is 30.1 Å². The topological polar surface area (TPSA) is 53.1 Å². The van der Waals surface area contributed by atoms with Gasteiger partial charge in [-0.25, -0.2) is 0 Å². The second-order valence-electron chi connectivity index (χ2n) is 8.84. The number of alkyl halides is 1. The molecule has 5 rings (SSSR count). The van der Waals surface area contributed by atoms with Gasteiger partial charge in [0.15, 0.2) is 0 Å². The summed E-state index contributed by atoms with van der Waals surface area (Å²) in [6, 6.07) is 20.2. The molecule has 0 spiro atoms. The summed E-state index contributed by atoms with van der Waals surface area (Å²) in [6.07, 6.45) is 2.29. The monoisotopic (exact) mass is 509 g/mol. The highest BCUT2D eigenvalue weighted by Crippen LogP contribution is 2.35. The van der Waals surface area contributed by atoms with E-state index in [1.54, 1.807) is 4.90 Å². The number of amides is 2. The van der Waals surface area contributed by atoms with Gasteiger partial charge in [-0.05, 0) is 67.2 Å². The van der Waals surface area contributed by atoms with Crippen LogP contribution in [-0.2, 0) is 9.59 Å². The van der Waals surface area contributed by atoms with Crippen LogP contribution in [0.4, 0.5) is 5.69 Å². The first-order valence-corrected chi connectivity index (χ1v) is 13.3. The second kappa shape index (κ2) is 10.8. The van der Waals surface area contributed by atoms with E-state index in [4.69, 9.17) is 16.3 Å². The highest BCUT2D eigenvalue weighted by molar-refractivity contribution is 7.10. The number of halogens is 1. The Hall–Kier alpha value is -2.87. The summed E-state index contributed by atoms with van der Waals surface area (Å²) in [4.78, 5) is 33.9. The number of nitrogens with zero attached hydrogens (tertiary/aromatic N) is 3. The van der Waals surface area contributed by atoms with E-state index in [1.165, 1.54) is 17.8 Å². The van der Waals surface area contributed by atoms with Crippen molar-refractivity contribution in [1.82, 2.24) is 9.80 Å². The van der Waals surface area contributed by atoms with Crippen molar-refractivity contribution in [3.8, 4) is 11.5 Å². The molecule has 2 fully saturated rings. The fourth-order valence-electron chi connectivity index (χ4n) is 4.97. The lowest BCUT2D eigenvalue weighted by molar-refractivity contribution is -0.136. The number of fused-ring (bicyclic) bond motifs is 1. The molecule has 3 aromatic rings. The van der Waals surface area contributed by atoms with Crippen molar-refractivity contribution in [3.63, 3.8) is 0 Å². The summed E-state index contributed by atoms with van der Waals surface area (Å²) in [5, 5.41) is 1.94. The Kier molecular flexibility index (Phi) is 7.37. The third-order valence-electron chi connectivity index (χ3n) is 6.68. The van der Waals surface area contributed by atoms with Crippen LogP contribution in [0.1, 0.15) is 23.8 Å². The molecule has 182 valence electrons. The summed E-state index contributed by atoms with van der Waals surface area (Å²) in [5.74, 6) is 0.798. The van der Waals surface area contributed by atoms with Crippen molar-refractivity contribution in [2.24, 2.45) is 0 Å². The van der Waals surface area contributed by atoms with Gasteiger partial charge in [0, 0.05) is 36.2 Å². The Morgan fingerprint density at radius 1 is 1.00 bits per heavy atom. The lowest BCUT2D eigenvalue weighted by Gasteiger charge is -2.40. The number of para-hydroxylation sites is 1. The molecule has 8 heteroatoms. The summed E-state index contributed by atoms with van der Waals surface area (Å²) in [5.41, 5.74) is 0.613. The van der Waals surface area contributed by atoms with Gasteiger partial charge in [0.2, 0.25) is 5.91 Å². The van der Waals surface area contributed by atoms with Crippen LogP contribution >= 0.6 is 22.9 Å². The van der Waals surface area contributed by atoms with Crippen LogP contribution in [0.3, 0.4) is 0 Å². The molecule has 2 aromatic carbocycles. The number of benzene rings is 2. The highest BCUT2D eigenvalue weighted by atomic mass is 35.5. The average molecular weight is 510 g/mol. The molecule has 2 aliphatic heterocycles. The van der Waals surface area contributed by atoms with Crippen LogP contribution in [0.5, 0.6) is 11.5 Å². The Bertz CT molecular complexity index is 1140. The first-order chi connectivity index (χ1) is 17.1. The normalized spacial score (nSPS) is 18.7. The predicted octanol–water partition coefficient (Wildman–Crippen LogP) is 5.16. The maximum atomic E-state index is 14.0. The van der Waals surface area contributed by atoms with Crippen LogP contribution in [0, 0.1) is 0 Å². The van der Waals surface area contributed by atoms with Gasteiger partial charge in [0.05, 0.1) is 0 Å². The van der Waals surface area contributed by atoms with Crippen molar-refractivity contribution in [3.05, 3.63) is 77.0 Å². The number of hydrogen-bond donors (Lipinski definition) is 0. The predicted molar refractivity (Wildman–Crippen MR) is 139 cm³/mol. The van der Waals surface area contributed by atoms with Gasteiger partial charge in [-0.3, -0.25) is 19.4 Å². The van der Waals surface area contributed by atoms with Crippen molar-refractivity contribution < 1.29 is 14.3 Å². The summed E-state index contributed by atoms with van der Waals surface area (Å²) >= 11 is 7.54. The Morgan fingerprint density at radius 3 is 2.49 bits per heavy atom. The summed E-state index contributed by atoms with van der Waals surface area (Å²) in [7, 11) is 0. The van der Waals surface area contributed by atoms with Crippen LogP contribution < -0.4 is 9.64 Å². The van der Waals surface area contributed by atoms with Crippen LogP contribution in [0.25, 0.3) is 0 Å². The molecule has 2 aliphatic rings. The molecule has 0 aliphatic carbocycles. The lowest BCUT2D eigenvalue weighted by Crippen LogP contribution is -2.55. The van der Waals surface area contributed by atoms with E-state index >= 15 is 0 Å². The third-order valence-corrected chi connectivity index (χ3v) is 7.83. The van der Waals surface area contributed by atoms with E-state index < -0.39 is 6.04 Å². The standard InChI is InChI=1S/C27H28ClN3O3S/c28-18-25(32)31(20-10-12-23(13-11-20)34-22-7-2-1-3-8-22)26(24-9-5-17-35-24)27(33)30-16-15-29-14-4-6-21(29)19-30/h1-3,5,7-13,17,21,26H,4,6,14-16,18-19H2. The minimum absolute atomic E-state index is 0.0536. The minimum atomic E-state index is -0.755. The molecule has 35 heavy (non-hydrogen) atoms. The number of carbonyl (C=O) groups is 2. The van der Waals surface area contributed by atoms with Gasteiger partial charge in [0.1, 0.15) is 23.4 Å². The molecule has 0 radical (unpaired) electrons. The second-order valence-corrected chi connectivity index (χ2v) is 10.1. The smallest absolute Gasteiger partial charge is 0.251 e. The largest absolute Gasteiger partial charge is 0.457 e. The van der Waals surface area contributed by atoms with Gasteiger partial charge in [-0.2, -0.15) is 0 Å². The number of rotatable bonds is 7. The van der Waals surface area contributed by atoms with E-state index in [0.29, 0.717) is 30.6 Å².